The number of anilines is 1. The summed E-state index contributed by atoms with van der Waals surface area (Å²) in [6.07, 6.45) is 0. The number of aromatic amines is 3. The van der Waals surface area contributed by atoms with E-state index in [0.29, 0.717) is 16.7 Å². The molecule has 2 aromatic carbocycles. The first kappa shape index (κ1) is 17.5. The van der Waals surface area contributed by atoms with Crippen molar-refractivity contribution in [3.63, 3.8) is 0 Å². The minimum atomic E-state index is -0.935. The molecule has 1 amide bonds. The number of hydrogen-bond donors (Lipinski definition) is 4. The van der Waals surface area contributed by atoms with Crippen molar-refractivity contribution in [2.45, 2.75) is 0 Å². The predicted octanol–water partition coefficient (Wildman–Crippen LogP) is 2.41. The van der Waals surface area contributed by atoms with Gasteiger partial charge in [0.15, 0.2) is 6.61 Å². The number of benzene rings is 2. The molecular weight excluding hydrogens is 374 g/mol. The van der Waals surface area contributed by atoms with Crippen molar-refractivity contribution >= 4 is 39.5 Å². The number of H-pyrrole nitrogens is 3. The maximum absolute atomic E-state index is 13.7. The van der Waals surface area contributed by atoms with Crippen molar-refractivity contribution < 1.29 is 23.1 Å². The Labute approximate surface area is 154 Å². The molecule has 0 spiro atoms. The highest BCUT2D eigenvalue weighted by atomic mass is 19.1. The maximum Gasteiger partial charge on any atom is 0.355 e. The average molecular weight is 386 g/mol. The lowest BCUT2D eigenvalue weighted by Crippen LogP contribution is -2.21. The number of amides is 1. The summed E-state index contributed by atoms with van der Waals surface area (Å²) in [4.78, 5) is 42.8. The standard InChI is InChI=1S/C18H12F2N4O4/c19-10-2-3-11(20)16-9(10)6-14(22-16)17(26)28-7-15(25)21-8-1-4-12-13(5-8)24-18(27)23-12/h1-6,22H,7H2,(H,21,25)(H2,23,24,27). The lowest BCUT2D eigenvalue weighted by atomic mass is 10.2. The van der Waals surface area contributed by atoms with Gasteiger partial charge in [-0.2, -0.15) is 0 Å². The third-order valence-corrected chi connectivity index (χ3v) is 4.04. The van der Waals surface area contributed by atoms with E-state index in [9.17, 15) is 23.2 Å². The van der Waals surface area contributed by atoms with Gasteiger partial charge in [-0.15, -0.1) is 0 Å². The molecule has 0 atom stereocenters. The van der Waals surface area contributed by atoms with Gasteiger partial charge in [-0.1, -0.05) is 0 Å². The molecule has 0 saturated heterocycles. The topological polar surface area (TPSA) is 120 Å². The van der Waals surface area contributed by atoms with E-state index in [-0.39, 0.29) is 22.3 Å². The zero-order valence-electron chi connectivity index (χ0n) is 14.1. The van der Waals surface area contributed by atoms with Crippen molar-refractivity contribution in [3.8, 4) is 0 Å². The van der Waals surface area contributed by atoms with Gasteiger partial charge in [0.2, 0.25) is 0 Å². The number of rotatable bonds is 4. The van der Waals surface area contributed by atoms with Crippen LogP contribution in [0.2, 0.25) is 0 Å². The van der Waals surface area contributed by atoms with E-state index in [0.717, 1.165) is 18.2 Å². The Morgan fingerprint density at radius 1 is 0.964 bits per heavy atom. The minimum Gasteiger partial charge on any atom is -0.451 e. The number of halogens is 2. The fourth-order valence-corrected chi connectivity index (χ4v) is 2.78. The summed E-state index contributed by atoms with van der Waals surface area (Å²) in [7, 11) is 0. The van der Waals surface area contributed by atoms with E-state index in [1.54, 1.807) is 12.1 Å². The van der Waals surface area contributed by atoms with Crippen LogP contribution in [-0.4, -0.2) is 33.4 Å². The number of esters is 1. The SMILES string of the molecule is O=C(COC(=O)c1cc2c(F)ccc(F)c2[nH]1)Nc1ccc2[nH]c(=O)[nH]c2c1. The molecule has 2 heterocycles. The van der Waals surface area contributed by atoms with Crippen LogP contribution in [0.25, 0.3) is 21.9 Å². The predicted molar refractivity (Wildman–Crippen MR) is 96.0 cm³/mol. The lowest BCUT2D eigenvalue weighted by molar-refractivity contribution is -0.119. The second-order valence-electron chi connectivity index (χ2n) is 5.96. The van der Waals surface area contributed by atoms with Crippen LogP contribution in [-0.2, 0) is 9.53 Å². The van der Waals surface area contributed by atoms with Crippen molar-refractivity contribution in [2.24, 2.45) is 0 Å². The van der Waals surface area contributed by atoms with Crippen molar-refractivity contribution in [3.05, 3.63) is 64.2 Å². The van der Waals surface area contributed by atoms with E-state index >= 15 is 0 Å². The van der Waals surface area contributed by atoms with E-state index in [4.69, 9.17) is 4.74 Å². The monoisotopic (exact) mass is 386 g/mol. The van der Waals surface area contributed by atoms with E-state index in [1.807, 2.05) is 0 Å². The summed E-state index contributed by atoms with van der Waals surface area (Å²) < 4.78 is 32.2. The quantitative estimate of drug-likeness (QED) is 0.403. The largest absolute Gasteiger partial charge is 0.451 e. The fraction of sp³-hybridized carbons (Fsp3) is 0.0556. The number of imidazole rings is 1. The number of nitrogens with one attached hydrogen (secondary N) is 4. The molecule has 10 heteroatoms. The molecule has 8 nitrogen and oxygen atoms in total. The molecule has 4 aromatic rings. The van der Waals surface area contributed by atoms with Gasteiger partial charge >= 0.3 is 11.7 Å². The summed E-state index contributed by atoms with van der Waals surface area (Å²) in [5.74, 6) is -2.97. The number of fused-ring (bicyclic) bond motifs is 2. The number of hydrogen-bond acceptors (Lipinski definition) is 4. The van der Waals surface area contributed by atoms with Gasteiger partial charge in [0.05, 0.1) is 16.6 Å². The van der Waals surface area contributed by atoms with Crippen LogP contribution in [0.3, 0.4) is 0 Å². The van der Waals surface area contributed by atoms with E-state index < -0.39 is 30.1 Å². The van der Waals surface area contributed by atoms with Gasteiger partial charge in [0, 0.05) is 11.1 Å². The minimum absolute atomic E-state index is 0.0924. The Kier molecular flexibility index (Phi) is 4.15. The molecule has 4 N–H and O–H groups in total. The molecule has 4 rings (SSSR count). The smallest absolute Gasteiger partial charge is 0.355 e. The molecule has 0 aliphatic rings. The van der Waals surface area contributed by atoms with Crippen LogP contribution in [0.1, 0.15) is 10.5 Å². The summed E-state index contributed by atoms with van der Waals surface area (Å²) in [5.41, 5.74) is 0.745. The Balaban J connectivity index is 1.42. The lowest BCUT2D eigenvalue weighted by Gasteiger charge is -2.06. The van der Waals surface area contributed by atoms with Crippen LogP contribution in [0.15, 0.2) is 41.2 Å². The maximum atomic E-state index is 13.7. The van der Waals surface area contributed by atoms with Crippen molar-refractivity contribution in [1.29, 1.82) is 0 Å². The molecule has 28 heavy (non-hydrogen) atoms. The Bertz CT molecular complexity index is 1250. The zero-order chi connectivity index (χ0) is 19.8. The van der Waals surface area contributed by atoms with Crippen LogP contribution >= 0.6 is 0 Å². The van der Waals surface area contributed by atoms with Crippen molar-refractivity contribution in [1.82, 2.24) is 15.0 Å². The van der Waals surface area contributed by atoms with E-state index in [1.165, 1.54) is 6.07 Å². The highest BCUT2D eigenvalue weighted by Gasteiger charge is 2.17. The molecule has 0 saturated carbocycles. The highest BCUT2D eigenvalue weighted by Crippen LogP contribution is 2.22. The normalized spacial score (nSPS) is 11.1. The Hall–Kier alpha value is -3.95. The van der Waals surface area contributed by atoms with Gasteiger partial charge < -0.3 is 25.0 Å². The van der Waals surface area contributed by atoms with Gasteiger partial charge in [-0.05, 0) is 36.4 Å². The molecule has 2 aromatic heterocycles. The second kappa shape index (κ2) is 6.65. The molecule has 0 bridgehead atoms. The van der Waals surface area contributed by atoms with Crippen LogP contribution in [0, 0.1) is 11.6 Å². The molecule has 142 valence electrons. The van der Waals surface area contributed by atoms with Crippen molar-refractivity contribution in [2.75, 3.05) is 11.9 Å². The molecule has 0 fully saturated rings. The van der Waals surface area contributed by atoms with E-state index in [2.05, 4.69) is 20.3 Å². The van der Waals surface area contributed by atoms with Crippen LogP contribution < -0.4 is 11.0 Å². The first-order valence-corrected chi connectivity index (χ1v) is 8.06. The second-order valence-corrected chi connectivity index (χ2v) is 5.96. The molecular formula is C18H12F2N4O4. The summed E-state index contributed by atoms with van der Waals surface area (Å²) in [5, 5.41) is 2.42. The fourth-order valence-electron chi connectivity index (χ4n) is 2.78. The van der Waals surface area contributed by atoms with Gasteiger partial charge in [0.1, 0.15) is 17.3 Å². The zero-order valence-corrected chi connectivity index (χ0v) is 14.1. The Morgan fingerprint density at radius 3 is 2.50 bits per heavy atom. The Morgan fingerprint density at radius 2 is 1.71 bits per heavy atom. The number of ether oxygens (including phenoxy) is 1. The third-order valence-electron chi connectivity index (χ3n) is 4.04. The third kappa shape index (κ3) is 3.22. The average Bonchev–Trinajstić information content (AvgIpc) is 3.26. The van der Waals surface area contributed by atoms with Crippen LogP contribution in [0.4, 0.5) is 14.5 Å². The number of aromatic nitrogens is 3. The number of carbonyl (C=O) groups excluding carboxylic acids is 2. The molecule has 0 aliphatic heterocycles. The first-order chi connectivity index (χ1) is 13.4. The first-order valence-electron chi connectivity index (χ1n) is 8.06. The van der Waals surface area contributed by atoms with Gasteiger partial charge in [0.25, 0.3) is 5.91 Å². The van der Waals surface area contributed by atoms with Crippen LogP contribution in [0.5, 0.6) is 0 Å². The summed E-state index contributed by atoms with van der Waals surface area (Å²) in [6.45, 7) is -0.610. The molecule has 0 radical (unpaired) electrons. The summed E-state index contributed by atoms with van der Waals surface area (Å²) >= 11 is 0. The van der Waals surface area contributed by atoms with Gasteiger partial charge in [-0.3, -0.25) is 4.79 Å². The molecule has 0 aliphatic carbocycles. The number of carbonyl (C=O) groups is 2. The van der Waals surface area contributed by atoms with Gasteiger partial charge in [-0.25, -0.2) is 18.4 Å². The summed E-state index contributed by atoms with van der Waals surface area (Å²) in [6, 6.07) is 7.70. The molecule has 0 unspecified atom stereocenters. The highest BCUT2D eigenvalue weighted by molar-refractivity contribution is 5.98.